The molecule has 3 aromatic rings. The molecule has 0 aliphatic rings. The fourth-order valence-corrected chi connectivity index (χ4v) is 2.32. The Labute approximate surface area is 141 Å². The largest absolute Gasteiger partial charge is 0.435 e. The van der Waals surface area contributed by atoms with Crippen LogP contribution in [0.15, 0.2) is 36.7 Å². The highest BCUT2D eigenvalue weighted by molar-refractivity contribution is 5.85. The normalized spacial score (nSPS) is 11.5. The topological polar surface area (TPSA) is 86.0 Å². The molecule has 0 atom stereocenters. The molecule has 0 amide bonds. The lowest BCUT2D eigenvalue weighted by molar-refractivity contribution is 0.468. The van der Waals surface area contributed by atoms with Crippen LogP contribution < -0.4 is 15.8 Å². The Morgan fingerprint density at radius 2 is 1.88 bits per heavy atom. The number of hydrogen-bond acceptors (Lipinski definition) is 6. The Hall–Kier alpha value is -2.89. The van der Waals surface area contributed by atoms with E-state index < -0.39 is 0 Å². The number of para-hydroxylation sites is 1. The number of nitrogens with one attached hydrogen (secondary N) is 1. The quantitative estimate of drug-likeness (QED) is 0.760. The summed E-state index contributed by atoms with van der Waals surface area (Å²) in [4.78, 5) is 12.9. The molecular formula is C18H21N5O. The number of hydrogen-bond donors (Lipinski definition) is 2. The van der Waals surface area contributed by atoms with Crippen molar-refractivity contribution in [2.75, 3.05) is 11.1 Å². The highest BCUT2D eigenvalue weighted by Crippen LogP contribution is 2.33. The number of pyridine rings is 1. The number of nitrogens with zero attached hydrogens (tertiary/aromatic N) is 3. The Kier molecular flexibility index (Phi) is 3.97. The van der Waals surface area contributed by atoms with Crippen LogP contribution in [0.1, 0.15) is 26.5 Å². The zero-order chi connectivity index (χ0) is 17.3. The van der Waals surface area contributed by atoms with Crippen LogP contribution in [0.5, 0.6) is 11.6 Å². The zero-order valence-electron chi connectivity index (χ0n) is 14.3. The van der Waals surface area contributed by atoms with E-state index in [-0.39, 0.29) is 5.54 Å². The third-order valence-electron chi connectivity index (χ3n) is 3.37. The van der Waals surface area contributed by atoms with E-state index in [4.69, 9.17) is 10.5 Å². The highest BCUT2D eigenvalue weighted by Gasteiger charge is 2.17. The van der Waals surface area contributed by atoms with Crippen LogP contribution >= 0.6 is 0 Å². The molecule has 0 saturated carbocycles. The van der Waals surface area contributed by atoms with Crippen LogP contribution in [0.25, 0.3) is 10.9 Å². The standard InChI is InChI=1S/C18H21N5O/c1-11-8-9-12-6-5-7-13(15(12)22-11)24-17-14(19)16(20-10-21-17)23-18(2,3)4/h5-10H,19H2,1-4H3,(H,20,21,23). The number of anilines is 2. The molecule has 0 radical (unpaired) electrons. The molecule has 24 heavy (non-hydrogen) atoms. The molecular weight excluding hydrogens is 302 g/mol. The summed E-state index contributed by atoms with van der Waals surface area (Å²) in [5, 5.41) is 4.25. The van der Waals surface area contributed by atoms with Gasteiger partial charge < -0.3 is 15.8 Å². The van der Waals surface area contributed by atoms with Crippen LogP contribution in [-0.4, -0.2) is 20.5 Å². The molecule has 2 aromatic heterocycles. The molecule has 0 aliphatic heterocycles. The van der Waals surface area contributed by atoms with Crippen molar-refractivity contribution >= 4 is 22.4 Å². The molecule has 6 heteroatoms. The Morgan fingerprint density at radius 1 is 1.08 bits per heavy atom. The average molecular weight is 323 g/mol. The van der Waals surface area contributed by atoms with Gasteiger partial charge >= 0.3 is 0 Å². The first-order valence-corrected chi connectivity index (χ1v) is 7.76. The van der Waals surface area contributed by atoms with E-state index in [9.17, 15) is 0 Å². The van der Waals surface area contributed by atoms with Crippen LogP contribution in [0.3, 0.4) is 0 Å². The van der Waals surface area contributed by atoms with Crippen molar-refractivity contribution in [1.29, 1.82) is 0 Å². The number of aryl methyl sites for hydroxylation is 1. The minimum Gasteiger partial charge on any atom is -0.435 e. The lowest BCUT2D eigenvalue weighted by Gasteiger charge is -2.22. The molecule has 0 fully saturated rings. The van der Waals surface area contributed by atoms with Crippen LogP contribution in [0.4, 0.5) is 11.5 Å². The van der Waals surface area contributed by atoms with Gasteiger partial charge in [0, 0.05) is 16.6 Å². The lowest BCUT2D eigenvalue weighted by Crippen LogP contribution is -2.27. The van der Waals surface area contributed by atoms with Crippen molar-refractivity contribution in [3.8, 4) is 11.6 Å². The van der Waals surface area contributed by atoms with Crippen molar-refractivity contribution in [3.63, 3.8) is 0 Å². The average Bonchev–Trinajstić information content (AvgIpc) is 2.50. The molecule has 2 heterocycles. The summed E-state index contributed by atoms with van der Waals surface area (Å²) in [6.07, 6.45) is 1.43. The van der Waals surface area contributed by atoms with Crippen LogP contribution in [-0.2, 0) is 0 Å². The number of ether oxygens (including phenoxy) is 1. The Balaban J connectivity index is 2.00. The first-order chi connectivity index (χ1) is 11.3. The van der Waals surface area contributed by atoms with Gasteiger partial charge in [-0.25, -0.2) is 9.97 Å². The summed E-state index contributed by atoms with van der Waals surface area (Å²) in [5.74, 6) is 1.48. The lowest BCUT2D eigenvalue weighted by atomic mass is 10.1. The molecule has 0 saturated heterocycles. The molecule has 6 nitrogen and oxygen atoms in total. The summed E-state index contributed by atoms with van der Waals surface area (Å²) in [5.41, 5.74) is 8.08. The molecule has 0 spiro atoms. The SMILES string of the molecule is Cc1ccc2cccc(Oc3ncnc(NC(C)(C)C)c3N)c2n1. The van der Waals surface area contributed by atoms with Crippen molar-refractivity contribution in [2.45, 2.75) is 33.2 Å². The Morgan fingerprint density at radius 3 is 2.62 bits per heavy atom. The van der Waals surface area contributed by atoms with Gasteiger partial charge in [-0.1, -0.05) is 18.2 Å². The monoisotopic (exact) mass is 323 g/mol. The number of aromatic nitrogens is 3. The molecule has 0 aliphatic carbocycles. The minimum absolute atomic E-state index is 0.169. The predicted molar refractivity (Wildman–Crippen MR) is 96.4 cm³/mol. The van der Waals surface area contributed by atoms with Crippen LogP contribution in [0, 0.1) is 6.92 Å². The van der Waals surface area contributed by atoms with E-state index in [0.717, 1.165) is 16.6 Å². The first-order valence-electron chi connectivity index (χ1n) is 7.76. The van der Waals surface area contributed by atoms with Gasteiger partial charge in [-0.2, -0.15) is 4.98 Å². The summed E-state index contributed by atoms with van der Waals surface area (Å²) >= 11 is 0. The fraction of sp³-hybridized carbons (Fsp3) is 0.278. The molecule has 3 rings (SSSR count). The number of benzene rings is 1. The van der Waals surface area contributed by atoms with Gasteiger partial charge in [-0.05, 0) is 39.8 Å². The second-order valence-electron chi connectivity index (χ2n) is 6.70. The Bertz CT molecular complexity index is 886. The fourth-order valence-electron chi connectivity index (χ4n) is 2.32. The van der Waals surface area contributed by atoms with Crippen molar-refractivity contribution < 1.29 is 4.74 Å². The number of nitrogens with two attached hydrogens (primary N) is 1. The van der Waals surface area contributed by atoms with Gasteiger partial charge in [-0.15, -0.1) is 0 Å². The third kappa shape index (κ3) is 3.37. The van der Waals surface area contributed by atoms with E-state index in [2.05, 4.69) is 20.3 Å². The highest BCUT2D eigenvalue weighted by atomic mass is 16.5. The van der Waals surface area contributed by atoms with Gasteiger partial charge in [0.2, 0.25) is 5.88 Å². The number of rotatable bonds is 3. The van der Waals surface area contributed by atoms with E-state index >= 15 is 0 Å². The molecule has 3 N–H and O–H groups in total. The van der Waals surface area contributed by atoms with Gasteiger partial charge in [-0.3, -0.25) is 0 Å². The molecule has 0 unspecified atom stereocenters. The van der Waals surface area contributed by atoms with E-state index in [1.54, 1.807) is 0 Å². The minimum atomic E-state index is -0.169. The van der Waals surface area contributed by atoms with Gasteiger partial charge in [0.25, 0.3) is 0 Å². The van der Waals surface area contributed by atoms with Crippen molar-refractivity contribution in [3.05, 3.63) is 42.4 Å². The second-order valence-corrected chi connectivity index (χ2v) is 6.70. The molecule has 124 valence electrons. The van der Waals surface area contributed by atoms with Gasteiger partial charge in [0.1, 0.15) is 17.5 Å². The van der Waals surface area contributed by atoms with Gasteiger partial charge in [0.05, 0.1) is 0 Å². The van der Waals surface area contributed by atoms with E-state index in [0.29, 0.717) is 23.1 Å². The van der Waals surface area contributed by atoms with E-state index in [1.165, 1.54) is 6.33 Å². The second kappa shape index (κ2) is 5.96. The smallest absolute Gasteiger partial charge is 0.248 e. The summed E-state index contributed by atoms with van der Waals surface area (Å²) in [7, 11) is 0. The molecule has 0 bridgehead atoms. The number of nitrogen functional groups attached to an aromatic ring is 1. The summed E-state index contributed by atoms with van der Waals surface area (Å²) in [6.45, 7) is 8.05. The summed E-state index contributed by atoms with van der Waals surface area (Å²) in [6, 6.07) is 9.75. The summed E-state index contributed by atoms with van der Waals surface area (Å²) < 4.78 is 5.95. The first kappa shape index (κ1) is 16.0. The van der Waals surface area contributed by atoms with Gasteiger partial charge in [0.15, 0.2) is 11.6 Å². The maximum atomic E-state index is 6.18. The third-order valence-corrected chi connectivity index (χ3v) is 3.37. The predicted octanol–water partition coefficient (Wildman–Crippen LogP) is 3.92. The number of fused-ring (bicyclic) bond motifs is 1. The maximum Gasteiger partial charge on any atom is 0.248 e. The zero-order valence-corrected chi connectivity index (χ0v) is 14.3. The van der Waals surface area contributed by atoms with Crippen LogP contribution in [0.2, 0.25) is 0 Å². The van der Waals surface area contributed by atoms with Crippen molar-refractivity contribution in [1.82, 2.24) is 15.0 Å². The molecule has 1 aromatic carbocycles. The van der Waals surface area contributed by atoms with E-state index in [1.807, 2.05) is 58.0 Å². The maximum absolute atomic E-state index is 6.18. The van der Waals surface area contributed by atoms with Crippen molar-refractivity contribution in [2.24, 2.45) is 0 Å².